The van der Waals surface area contributed by atoms with Crippen LogP contribution >= 0.6 is 0 Å². The van der Waals surface area contributed by atoms with E-state index in [9.17, 15) is 13.6 Å². The molecule has 0 N–H and O–H groups in total. The molecule has 2 nitrogen and oxygen atoms in total. The van der Waals surface area contributed by atoms with Crippen LogP contribution in [0.5, 0.6) is 0 Å². The number of alkyl halides is 2. The Balaban J connectivity index is 2.61. The molecular formula is C8H11F2NO. The summed E-state index contributed by atoms with van der Waals surface area (Å²) in [5, 5.41) is 0. The third kappa shape index (κ3) is 2.11. The Labute approximate surface area is 69.7 Å². The van der Waals surface area contributed by atoms with Crippen LogP contribution < -0.4 is 0 Å². The predicted octanol–water partition coefficient (Wildman–Crippen LogP) is 2.29. The van der Waals surface area contributed by atoms with Gasteiger partial charge in [0.2, 0.25) is 12.0 Å². The van der Waals surface area contributed by atoms with E-state index in [4.69, 9.17) is 0 Å². The SMILES string of the molecule is CC1(N=C=O)CCC(F)(F)CC1. The van der Waals surface area contributed by atoms with E-state index >= 15 is 0 Å². The molecule has 0 atom stereocenters. The zero-order chi connectivity index (χ0) is 9.24. The molecule has 1 rings (SSSR count). The first-order valence-corrected chi connectivity index (χ1v) is 3.94. The van der Waals surface area contributed by atoms with Crippen LogP contribution in [0.3, 0.4) is 0 Å². The largest absolute Gasteiger partial charge is 0.248 e. The van der Waals surface area contributed by atoms with E-state index in [-0.39, 0.29) is 25.7 Å². The lowest BCUT2D eigenvalue weighted by Crippen LogP contribution is -2.34. The van der Waals surface area contributed by atoms with Gasteiger partial charge in [-0.2, -0.15) is 4.99 Å². The lowest BCUT2D eigenvalue weighted by molar-refractivity contribution is -0.0479. The van der Waals surface area contributed by atoms with Gasteiger partial charge in [0, 0.05) is 12.8 Å². The van der Waals surface area contributed by atoms with E-state index in [1.165, 1.54) is 6.08 Å². The molecule has 0 saturated heterocycles. The van der Waals surface area contributed by atoms with Crippen molar-refractivity contribution in [2.75, 3.05) is 0 Å². The molecule has 68 valence electrons. The highest BCUT2D eigenvalue weighted by molar-refractivity contribution is 5.34. The molecule has 1 aliphatic rings. The minimum atomic E-state index is -2.56. The Kier molecular flexibility index (Phi) is 2.29. The molecule has 12 heavy (non-hydrogen) atoms. The molecule has 4 heteroatoms. The van der Waals surface area contributed by atoms with E-state index in [0.29, 0.717) is 0 Å². The van der Waals surface area contributed by atoms with Crippen molar-refractivity contribution >= 4 is 6.08 Å². The van der Waals surface area contributed by atoms with Gasteiger partial charge in [0.05, 0.1) is 5.54 Å². The number of carbonyl (C=O) groups excluding carboxylic acids is 1. The van der Waals surface area contributed by atoms with Crippen molar-refractivity contribution in [2.45, 2.75) is 44.1 Å². The van der Waals surface area contributed by atoms with E-state index in [1.807, 2.05) is 0 Å². The monoisotopic (exact) mass is 175 g/mol. The van der Waals surface area contributed by atoms with Gasteiger partial charge >= 0.3 is 0 Å². The Morgan fingerprint density at radius 2 is 1.75 bits per heavy atom. The number of nitrogens with zero attached hydrogens (tertiary/aromatic N) is 1. The van der Waals surface area contributed by atoms with Crippen molar-refractivity contribution in [1.29, 1.82) is 0 Å². The van der Waals surface area contributed by atoms with Gasteiger partial charge in [0.15, 0.2) is 0 Å². The van der Waals surface area contributed by atoms with Crippen molar-refractivity contribution < 1.29 is 13.6 Å². The summed E-state index contributed by atoms with van der Waals surface area (Å²) in [6, 6.07) is 0. The molecule has 1 fully saturated rings. The maximum Gasteiger partial charge on any atom is 0.248 e. The van der Waals surface area contributed by atoms with E-state index in [1.54, 1.807) is 6.92 Å². The summed E-state index contributed by atoms with van der Waals surface area (Å²) >= 11 is 0. The lowest BCUT2D eigenvalue weighted by Gasteiger charge is -2.32. The number of aliphatic imine (C=N–C) groups is 1. The van der Waals surface area contributed by atoms with Gasteiger partial charge in [0.1, 0.15) is 0 Å². The van der Waals surface area contributed by atoms with Gasteiger partial charge in [-0.25, -0.2) is 13.6 Å². The maximum absolute atomic E-state index is 12.6. The predicted molar refractivity (Wildman–Crippen MR) is 39.9 cm³/mol. The Morgan fingerprint density at radius 1 is 1.25 bits per heavy atom. The number of hydrogen-bond donors (Lipinski definition) is 0. The van der Waals surface area contributed by atoms with Crippen LogP contribution in [0.25, 0.3) is 0 Å². The molecule has 0 amide bonds. The standard InChI is InChI=1S/C8H11F2NO/c1-7(11-6-12)2-4-8(9,10)5-3-7/h2-5H2,1H3. The van der Waals surface area contributed by atoms with Crippen LogP contribution in [0.2, 0.25) is 0 Å². The van der Waals surface area contributed by atoms with Crippen LogP contribution in [0.15, 0.2) is 4.99 Å². The molecule has 0 aliphatic heterocycles. The Morgan fingerprint density at radius 3 is 2.17 bits per heavy atom. The second-order valence-corrected chi connectivity index (χ2v) is 3.56. The molecule has 1 saturated carbocycles. The Bertz CT molecular complexity index is 211. The number of rotatable bonds is 1. The zero-order valence-electron chi connectivity index (χ0n) is 6.94. The van der Waals surface area contributed by atoms with E-state index in [2.05, 4.69) is 4.99 Å². The summed E-state index contributed by atoms with van der Waals surface area (Å²) in [6.07, 6.45) is 1.64. The molecule has 0 radical (unpaired) electrons. The van der Waals surface area contributed by atoms with E-state index < -0.39 is 11.5 Å². The molecule has 0 aromatic rings. The van der Waals surface area contributed by atoms with Crippen molar-refractivity contribution in [1.82, 2.24) is 0 Å². The van der Waals surface area contributed by atoms with Crippen molar-refractivity contribution in [3.05, 3.63) is 0 Å². The normalized spacial score (nSPS) is 25.9. The first kappa shape index (κ1) is 9.33. The molecular weight excluding hydrogens is 164 g/mol. The lowest BCUT2D eigenvalue weighted by atomic mass is 9.82. The molecule has 0 aromatic heterocycles. The fraction of sp³-hybridized carbons (Fsp3) is 0.875. The van der Waals surface area contributed by atoms with Crippen LogP contribution in [-0.2, 0) is 4.79 Å². The quantitative estimate of drug-likeness (QED) is 0.444. The Hall–Kier alpha value is -0.760. The van der Waals surface area contributed by atoms with E-state index in [0.717, 1.165) is 0 Å². The molecule has 0 bridgehead atoms. The van der Waals surface area contributed by atoms with Crippen molar-refractivity contribution in [2.24, 2.45) is 4.99 Å². The van der Waals surface area contributed by atoms with Gasteiger partial charge in [-0.05, 0) is 19.8 Å². The first-order valence-electron chi connectivity index (χ1n) is 3.94. The number of isocyanates is 1. The topological polar surface area (TPSA) is 29.4 Å². The molecule has 1 aliphatic carbocycles. The highest BCUT2D eigenvalue weighted by Crippen LogP contribution is 2.39. The number of halogens is 2. The highest BCUT2D eigenvalue weighted by atomic mass is 19.3. The third-order valence-corrected chi connectivity index (χ3v) is 2.37. The van der Waals surface area contributed by atoms with Crippen LogP contribution in [0.4, 0.5) is 8.78 Å². The number of hydrogen-bond acceptors (Lipinski definition) is 2. The average molecular weight is 175 g/mol. The second-order valence-electron chi connectivity index (χ2n) is 3.56. The van der Waals surface area contributed by atoms with Gasteiger partial charge in [-0.15, -0.1) is 0 Å². The summed E-state index contributed by atoms with van der Waals surface area (Å²) in [5.41, 5.74) is -0.594. The summed E-state index contributed by atoms with van der Waals surface area (Å²) in [5.74, 6) is -2.56. The van der Waals surface area contributed by atoms with Crippen LogP contribution in [-0.4, -0.2) is 17.5 Å². The van der Waals surface area contributed by atoms with Crippen LogP contribution in [0, 0.1) is 0 Å². The van der Waals surface area contributed by atoms with Gasteiger partial charge in [-0.1, -0.05) is 0 Å². The second kappa shape index (κ2) is 2.94. The smallest absolute Gasteiger partial charge is 0.211 e. The van der Waals surface area contributed by atoms with Gasteiger partial charge in [0.25, 0.3) is 0 Å². The average Bonchev–Trinajstić information content (AvgIpc) is 1.98. The molecule has 0 heterocycles. The summed E-state index contributed by atoms with van der Waals surface area (Å²) < 4.78 is 25.3. The zero-order valence-corrected chi connectivity index (χ0v) is 6.94. The van der Waals surface area contributed by atoms with Gasteiger partial charge < -0.3 is 0 Å². The van der Waals surface area contributed by atoms with Crippen LogP contribution in [0.1, 0.15) is 32.6 Å². The summed E-state index contributed by atoms with van der Waals surface area (Å²) in [7, 11) is 0. The molecule has 0 unspecified atom stereocenters. The summed E-state index contributed by atoms with van der Waals surface area (Å²) in [4.78, 5) is 13.5. The minimum Gasteiger partial charge on any atom is -0.211 e. The minimum absolute atomic E-state index is 0.172. The fourth-order valence-corrected chi connectivity index (χ4v) is 1.38. The fourth-order valence-electron chi connectivity index (χ4n) is 1.38. The first-order chi connectivity index (χ1) is 5.47. The van der Waals surface area contributed by atoms with Crippen molar-refractivity contribution in [3.63, 3.8) is 0 Å². The third-order valence-electron chi connectivity index (χ3n) is 2.37. The van der Waals surface area contributed by atoms with Gasteiger partial charge in [-0.3, -0.25) is 0 Å². The maximum atomic E-state index is 12.6. The molecule has 0 spiro atoms. The highest BCUT2D eigenvalue weighted by Gasteiger charge is 2.40. The van der Waals surface area contributed by atoms with Crippen molar-refractivity contribution in [3.8, 4) is 0 Å². The molecule has 0 aromatic carbocycles. The summed E-state index contributed by atoms with van der Waals surface area (Å²) in [6.45, 7) is 1.72.